The van der Waals surface area contributed by atoms with Gasteiger partial charge in [-0.25, -0.2) is 4.98 Å². The van der Waals surface area contributed by atoms with Gasteiger partial charge in [-0.15, -0.1) is 0 Å². The molecule has 0 spiro atoms. The fourth-order valence-corrected chi connectivity index (χ4v) is 1.10. The Morgan fingerprint density at radius 3 is 2.70 bits per heavy atom. The first-order valence-electron chi connectivity index (χ1n) is 2.80. The largest absolute Gasteiger partial charge is 0.398 e. The maximum atomic E-state index is 5.58. The molecule has 0 aliphatic carbocycles. The number of hydrogen-bond donors (Lipinski definition) is 2. The van der Waals surface area contributed by atoms with Gasteiger partial charge in [-0.05, 0) is 0 Å². The van der Waals surface area contributed by atoms with Gasteiger partial charge in [0.1, 0.15) is 5.82 Å². The summed E-state index contributed by atoms with van der Waals surface area (Å²) in [6, 6.07) is 1.65. The topological polar surface area (TPSA) is 64.9 Å². The molecule has 0 radical (unpaired) electrons. The smallest absolute Gasteiger partial charge is 0.125 e. The quantitative estimate of drug-likeness (QED) is 0.671. The zero-order valence-electron chi connectivity index (χ0n) is 5.34. The molecule has 4 heteroatoms. The van der Waals surface area contributed by atoms with Gasteiger partial charge in [0, 0.05) is 28.8 Å². The first-order chi connectivity index (χ1) is 4.74. The van der Waals surface area contributed by atoms with E-state index < -0.39 is 0 Å². The Morgan fingerprint density at radius 2 is 2.20 bits per heavy atom. The molecular weight excluding hydrogens is 194 g/mol. The second kappa shape index (κ2) is 2.88. The average Bonchev–Trinajstić information content (AvgIpc) is 1.88. The average molecular weight is 202 g/mol. The molecule has 1 rings (SSSR count). The van der Waals surface area contributed by atoms with E-state index in [1.807, 2.05) is 0 Å². The third-order valence-electron chi connectivity index (χ3n) is 1.19. The molecule has 4 N–H and O–H groups in total. The summed E-state index contributed by atoms with van der Waals surface area (Å²) in [7, 11) is 0. The fourth-order valence-electron chi connectivity index (χ4n) is 0.628. The van der Waals surface area contributed by atoms with Gasteiger partial charge >= 0.3 is 0 Å². The van der Waals surface area contributed by atoms with E-state index in [0.29, 0.717) is 16.8 Å². The summed E-state index contributed by atoms with van der Waals surface area (Å²) < 4.78 is 0. The first-order valence-corrected chi connectivity index (χ1v) is 3.92. The molecule has 0 saturated heterocycles. The molecule has 0 fully saturated rings. The molecule has 0 saturated carbocycles. The van der Waals surface area contributed by atoms with Crippen LogP contribution in [0.1, 0.15) is 5.56 Å². The molecule has 1 aromatic heterocycles. The van der Waals surface area contributed by atoms with Gasteiger partial charge < -0.3 is 11.5 Å². The van der Waals surface area contributed by atoms with Gasteiger partial charge in [0.2, 0.25) is 0 Å². The zero-order chi connectivity index (χ0) is 7.56. The van der Waals surface area contributed by atoms with Crippen molar-refractivity contribution in [3.8, 4) is 0 Å². The van der Waals surface area contributed by atoms with Crippen LogP contribution in [0.5, 0.6) is 0 Å². The highest BCUT2D eigenvalue weighted by Crippen LogP contribution is 2.15. The number of nitrogens with zero attached hydrogens (tertiary/aromatic N) is 1. The maximum Gasteiger partial charge on any atom is 0.125 e. The van der Waals surface area contributed by atoms with Crippen LogP contribution in [0.4, 0.5) is 11.5 Å². The summed E-state index contributed by atoms with van der Waals surface area (Å²) in [5.74, 6) is 0.460. The van der Waals surface area contributed by atoms with E-state index in [0.717, 1.165) is 5.56 Å². The molecule has 1 aromatic rings. The van der Waals surface area contributed by atoms with Crippen LogP contribution < -0.4 is 11.5 Å². The van der Waals surface area contributed by atoms with Crippen molar-refractivity contribution >= 4 is 27.4 Å². The molecule has 10 heavy (non-hydrogen) atoms. The molecule has 0 aliphatic heterocycles. The van der Waals surface area contributed by atoms with Crippen LogP contribution in [0.3, 0.4) is 0 Å². The van der Waals surface area contributed by atoms with Crippen molar-refractivity contribution < 1.29 is 0 Å². The molecule has 0 aromatic carbocycles. The van der Waals surface area contributed by atoms with E-state index in [2.05, 4.69) is 20.9 Å². The molecule has 54 valence electrons. The van der Waals surface area contributed by atoms with E-state index in [1.165, 1.54) is 0 Å². The van der Waals surface area contributed by atoms with E-state index in [-0.39, 0.29) is 0 Å². The lowest BCUT2D eigenvalue weighted by Gasteiger charge is -2.00. The van der Waals surface area contributed by atoms with Crippen LogP contribution in [0.2, 0.25) is 0 Å². The standard InChI is InChI=1S/C6H8BrN3/c7-2-4-3-10-6(9)1-5(4)8/h1,3H,2H2,(H4,8,9,10). The predicted octanol–water partition coefficient (Wildman–Crippen LogP) is 1.14. The molecule has 0 atom stereocenters. The molecule has 0 aliphatic rings. The third kappa shape index (κ3) is 1.39. The number of aromatic nitrogens is 1. The van der Waals surface area contributed by atoms with Crippen molar-refractivity contribution in [1.82, 2.24) is 4.98 Å². The highest BCUT2D eigenvalue weighted by atomic mass is 79.9. The minimum absolute atomic E-state index is 0.460. The summed E-state index contributed by atoms with van der Waals surface area (Å²) in [6.45, 7) is 0. The molecule has 1 heterocycles. The Kier molecular flexibility index (Phi) is 2.11. The number of rotatable bonds is 1. The van der Waals surface area contributed by atoms with Crippen molar-refractivity contribution in [2.75, 3.05) is 11.5 Å². The van der Waals surface area contributed by atoms with Crippen molar-refractivity contribution in [3.63, 3.8) is 0 Å². The van der Waals surface area contributed by atoms with Gasteiger partial charge in [0.15, 0.2) is 0 Å². The monoisotopic (exact) mass is 201 g/mol. The normalized spacial score (nSPS) is 9.70. The Morgan fingerprint density at radius 1 is 1.50 bits per heavy atom. The molecule has 0 unspecified atom stereocenters. The third-order valence-corrected chi connectivity index (χ3v) is 1.79. The number of halogens is 1. The van der Waals surface area contributed by atoms with Gasteiger partial charge in [-0.1, -0.05) is 15.9 Å². The highest BCUT2D eigenvalue weighted by Gasteiger charge is 1.96. The van der Waals surface area contributed by atoms with Crippen molar-refractivity contribution in [2.45, 2.75) is 5.33 Å². The SMILES string of the molecule is Nc1cc(N)c(CBr)cn1. The Hall–Kier alpha value is -0.770. The number of pyridine rings is 1. The van der Waals surface area contributed by atoms with Gasteiger partial charge in [-0.3, -0.25) is 0 Å². The van der Waals surface area contributed by atoms with Crippen LogP contribution in [0.15, 0.2) is 12.3 Å². The Labute approximate surface area is 67.6 Å². The summed E-state index contributed by atoms with van der Waals surface area (Å²) >= 11 is 3.27. The molecular formula is C6H8BrN3. The van der Waals surface area contributed by atoms with E-state index >= 15 is 0 Å². The van der Waals surface area contributed by atoms with Crippen LogP contribution in [-0.4, -0.2) is 4.98 Å². The number of nitrogens with two attached hydrogens (primary N) is 2. The zero-order valence-corrected chi connectivity index (χ0v) is 6.93. The molecule has 0 bridgehead atoms. The van der Waals surface area contributed by atoms with Gasteiger partial charge in [0.25, 0.3) is 0 Å². The van der Waals surface area contributed by atoms with Crippen LogP contribution in [-0.2, 0) is 5.33 Å². The summed E-state index contributed by atoms with van der Waals surface area (Å²) in [4.78, 5) is 3.88. The summed E-state index contributed by atoms with van der Waals surface area (Å²) in [6.07, 6.45) is 1.67. The first kappa shape index (κ1) is 7.34. The van der Waals surface area contributed by atoms with Gasteiger partial charge in [0.05, 0.1) is 0 Å². The number of hydrogen-bond acceptors (Lipinski definition) is 3. The second-order valence-corrected chi connectivity index (χ2v) is 2.50. The van der Waals surface area contributed by atoms with E-state index in [4.69, 9.17) is 11.5 Å². The van der Waals surface area contributed by atoms with Gasteiger partial charge in [-0.2, -0.15) is 0 Å². The van der Waals surface area contributed by atoms with Crippen molar-refractivity contribution in [2.24, 2.45) is 0 Å². The molecule has 0 amide bonds. The lowest BCUT2D eigenvalue weighted by molar-refractivity contribution is 1.27. The van der Waals surface area contributed by atoms with E-state index in [1.54, 1.807) is 12.3 Å². The molecule has 3 nitrogen and oxygen atoms in total. The fraction of sp³-hybridized carbons (Fsp3) is 0.167. The number of alkyl halides is 1. The van der Waals surface area contributed by atoms with E-state index in [9.17, 15) is 0 Å². The minimum atomic E-state index is 0.460. The highest BCUT2D eigenvalue weighted by molar-refractivity contribution is 9.08. The lowest BCUT2D eigenvalue weighted by Crippen LogP contribution is -1.96. The maximum absolute atomic E-state index is 5.58. The van der Waals surface area contributed by atoms with Crippen LogP contribution >= 0.6 is 15.9 Å². The predicted molar refractivity (Wildman–Crippen MR) is 45.7 cm³/mol. The van der Waals surface area contributed by atoms with Crippen LogP contribution in [0, 0.1) is 0 Å². The van der Waals surface area contributed by atoms with Crippen molar-refractivity contribution in [3.05, 3.63) is 17.8 Å². The number of nitrogen functional groups attached to an aromatic ring is 2. The lowest BCUT2D eigenvalue weighted by atomic mass is 10.3. The van der Waals surface area contributed by atoms with Crippen LogP contribution in [0.25, 0.3) is 0 Å². The Bertz CT molecular complexity index is 236. The second-order valence-electron chi connectivity index (χ2n) is 1.94. The van der Waals surface area contributed by atoms with Crippen molar-refractivity contribution in [1.29, 1.82) is 0 Å². The summed E-state index contributed by atoms with van der Waals surface area (Å²) in [5.41, 5.74) is 12.6. The summed E-state index contributed by atoms with van der Waals surface area (Å²) in [5, 5.41) is 0.714. The minimum Gasteiger partial charge on any atom is -0.398 e. The Balaban J connectivity index is 3.07. The number of anilines is 2.